The van der Waals surface area contributed by atoms with E-state index in [1.165, 1.54) is 0 Å². The fourth-order valence-corrected chi connectivity index (χ4v) is 2.65. The van der Waals surface area contributed by atoms with Crippen molar-refractivity contribution in [2.75, 3.05) is 33.4 Å². The fourth-order valence-electron chi connectivity index (χ4n) is 2.65. The van der Waals surface area contributed by atoms with Crippen LogP contribution in [0.5, 0.6) is 0 Å². The summed E-state index contributed by atoms with van der Waals surface area (Å²) in [5, 5.41) is 2.93. The summed E-state index contributed by atoms with van der Waals surface area (Å²) in [7, 11) is 1.67. The zero-order valence-corrected chi connectivity index (χ0v) is 12.4. The van der Waals surface area contributed by atoms with Gasteiger partial charge in [-0.05, 0) is 44.9 Å². The Morgan fingerprint density at radius 3 is 3.10 bits per heavy atom. The number of methoxy groups -OCH3 is 1. The Kier molecular flexibility index (Phi) is 5.61. The van der Waals surface area contributed by atoms with E-state index in [9.17, 15) is 4.79 Å². The molecule has 0 spiro atoms. The zero-order valence-electron chi connectivity index (χ0n) is 12.4. The predicted octanol–water partition coefficient (Wildman–Crippen LogP) is 1.88. The third kappa shape index (κ3) is 4.08. The first-order chi connectivity index (χ1) is 9.70. The van der Waals surface area contributed by atoms with E-state index < -0.39 is 0 Å². The molecule has 1 aliphatic heterocycles. The van der Waals surface area contributed by atoms with E-state index in [2.05, 4.69) is 10.2 Å². The predicted molar refractivity (Wildman–Crippen MR) is 76.5 cm³/mol. The van der Waals surface area contributed by atoms with Gasteiger partial charge in [-0.1, -0.05) is 0 Å². The number of amides is 1. The van der Waals surface area contributed by atoms with Crippen LogP contribution in [0.15, 0.2) is 16.5 Å². The molecule has 0 bridgehead atoms. The molecule has 0 aliphatic carbocycles. The number of rotatable bonds is 7. The maximum absolute atomic E-state index is 11.9. The second-order valence-corrected chi connectivity index (χ2v) is 5.27. The Labute approximate surface area is 120 Å². The molecule has 0 radical (unpaired) electrons. The number of hydrogen-bond acceptors (Lipinski definition) is 4. The van der Waals surface area contributed by atoms with Crippen LogP contribution in [0.2, 0.25) is 0 Å². The van der Waals surface area contributed by atoms with Crippen LogP contribution < -0.4 is 5.32 Å². The van der Waals surface area contributed by atoms with Gasteiger partial charge in [0.25, 0.3) is 0 Å². The van der Waals surface area contributed by atoms with Gasteiger partial charge in [-0.25, -0.2) is 0 Å². The molecule has 1 aromatic heterocycles. The molecule has 1 fully saturated rings. The molecule has 1 aromatic rings. The largest absolute Gasteiger partial charge is 0.465 e. The van der Waals surface area contributed by atoms with Gasteiger partial charge in [0.1, 0.15) is 11.5 Å². The first-order valence-electron chi connectivity index (χ1n) is 7.26. The molecule has 0 saturated carbocycles. The van der Waals surface area contributed by atoms with E-state index in [0.717, 1.165) is 37.3 Å². The summed E-state index contributed by atoms with van der Waals surface area (Å²) < 4.78 is 10.7. The van der Waals surface area contributed by atoms with Crippen molar-refractivity contribution in [3.63, 3.8) is 0 Å². The van der Waals surface area contributed by atoms with Crippen LogP contribution in [0.1, 0.15) is 36.8 Å². The van der Waals surface area contributed by atoms with Gasteiger partial charge in [-0.15, -0.1) is 0 Å². The number of nitrogens with one attached hydrogen (secondary N) is 1. The van der Waals surface area contributed by atoms with Crippen molar-refractivity contribution in [2.24, 2.45) is 0 Å². The minimum absolute atomic E-state index is 0.0799. The number of nitrogens with zero attached hydrogens (tertiary/aromatic N) is 1. The summed E-state index contributed by atoms with van der Waals surface area (Å²) >= 11 is 0. The average molecular weight is 280 g/mol. The van der Waals surface area contributed by atoms with Gasteiger partial charge >= 0.3 is 0 Å². The highest BCUT2D eigenvalue weighted by Gasteiger charge is 2.29. The monoisotopic (exact) mass is 280 g/mol. The van der Waals surface area contributed by atoms with Crippen LogP contribution in [0.3, 0.4) is 0 Å². The molecule has 20 heavy (non-hydrogen) atoms. The van der Waals surface area contributed by atoms with Gasteiger partial charge in [0.15, 0.2) is 0 Å². The second kappa shape index (κ2) is 7.45. The Morgan fingerprint density at radius 2 is 2.40 bits per heavy atom. The molecule has 2 rings (SSSR count). The fraction of sp³-hybridized carbons (Fsp3) is 0.667. The van der Waals surface area contributed by atoms with Gasteiger partial charge in [-0.3, -0.25) is 9.69 Å². The molecule has 112 valence electrons. The summed E-state index contributed by atoms with van der Waals surface area (Å²) in [6.45, 7) is 4.70. The summed E-state index contributed by atoms with van der Waals surface area (Å²) in [6, 6.07) is 4.25. The van der Waals surface area contributed by atoms with Crippen LogP contribution in [0.25, 0.3) is 0 Å². The highest BCUT2D eigenvalue weighted by molar-refractivity contribution is 5.78. The van der Waals surface area contributed by atoms with Crippen molar-refractivity contribution in [3.8, 4) is 0 Å². The normalized spacial score (nSPS) is 19.4. The number of hydrogen-bond donors (Lipinski definition) is 1. The van der Waals surface area contributed by atoms with Crippen molar-refractivity contribution in [1.82, 2.24) is 10.2 Å². The van der Waals surface area contributed by atoms with Gasteiger partial charge in [0.2, 0.25) is 5.91 Å². The molecule has 0 aromatic carbocycles. The number of furan rings is 1. The number of carbonyl (C=O) groups is 1. The highest BCUT2D eigenvalue weighted by atomic mass is 16.5. The molecule has 1 amide bonds. The highest BCUT2D eigenvalue weighted by Crippen LogP contribution is 2.32. The smallest absolute Gasteiger partial charge is 0.234 e. The lowest BCUT2D eigenvalue weighted by Crippen LogP contribution is -2.37. The second-order valence-electron chi connectivity index (χ2n) is 5.27. The zero-order chi connectivity index (χ0) is 14.4. The van der Waals surface area contributed by atoms with Crippen LogP contribution in [0.4, 0.5) is 0 Å². The number of carbonyl (C=O) groups excluding carboxylic acids is 1. The van der Waals surface area contributed by atoms with Crippen molar-refractivity contribution < 1.29 is 13.9 Å². The van der Waals surface area contributed by atoms with Gasteiger partial charge in [0.05, 0.1) is 12.6 Å². The maximum atomic E-state index is 11.9. The topological polar surface area (TPSA) is 54.7 Å². The van der Waals surface area contributed by atoms with E-state index in [1.807, 2.05) is 19.1 Å². The number of ether oxygens (including phenoxy) is 1. The minimum Gasteiger partial charge on any atom is -0.465 e. The third-order valence-corrected chi connectivity index (χ3v) is 3.65. The van der Waals surface area contributed by atoms with Crippen LogP contribution >= 0.6 is 0 Å². The average Bonchev–Trinajstić information content (AvgIpc) is 3.03. The molecule has 2 heterocycles. The molecule has 5 heteroatoms. The SMILES string of the molecule is COCCCNC(=O)CN1CCCC1c1ccc(C)o1. The maximum Gasteiger partial charge on any atom is 0.234 e. The summed E-state index contributed by atoms with van der Waals surface area (Å²) in [6.07, 6.45) is 3.02. The number of aryl methyl sites for hydroxylation is 1. The van der Waals surface area contributed by atoms with Crippen molar-refractivity contribution >= 4 is 5.91 Å². The molecule has 1 unspecified atom stereocenters. The molecule has 1 saturated heterocycles. The molecule has 5 nitrogen and oxygen atoms in total. The quantitative estimate of drug-likeness (QED) is 0.775. The Balaban J connectivity index is 1.80. The van der Waals surface area contributed by atoms with Gasteiger partial charge in [-0.2, -0.15) is 0 Å². The van der Waals surface area contributed by atoms with Crippen LogP contribution in [0, 0.1) is 6.92 Å². The van der Waals surface area contributed by atoms with E-state index in [0.29, 0.717) is 19.7 Å². The van der Waals surface area contributed by atoms with Gasteiger partial charge < -0.3 is 14.5 Å². The molecule has 1 N–H and O–H groups in total. The van der Waals surface area contributed by atoms with Crippen LogP contribution in [-0.4, -0.2) is 44.2 Å². The van der Waals surface area contributed by atoms with E-state index in [-0.39, 0.29) is 11.9 Å². The summed E-state index contributed by atoms with van der Waals surface area (Å²) in [4.78, 5) is 14.1. The summed E-state index contributed by atoms with van der Waals surface area (Å²) in [5.41, 5.74) is 0. The first-order valence-corrected chi connectivity index (χ1v) is 7.26. The minimum atomic E-state index is 0.0799. The third-order valence-electron chi connectivity index (χ3n) is 3.65. The number of likely N-dealkylation sites (tertiary alicyclic amines) is 1. The molecule has 1 aliphatic rings. The Hall–Kier alpha value is -1.33. The molecular weight excluding hydrogens is 256 g/mol. The lowest BCUT2D eigenvalue weighted by molar-refractivity contribution is -0.122. The van der Waals surface area contributed by atoms with E-state index >= 15 is 0 Å². The summed E-state index contributed by atoms with van der Waals surface area (Å²) in [5.74, 6) is 1.99. The van der Waals surface area contributed by atoms with Crippen molar-refractivity contribution in [2.45, 2.75) is 32.2 Å². The van der Waals surface area contributed by atoms with Crippen molar-refractivity contribution in [3.05, 3.63) is 23.7 Å². The lowest BCUT2D eigenvalue weighted by atomic mass is 10.1. The van der Waals surface area contributed by atoms with Crippen LogP contribution in [-0.2, 0) is 9.53 Å². The standard InChI is InChI=1S/C15H24N2O3/c1-12-6-7-14(20-12)13-5-3-9-17(13)11-15(18)16-8-4-10-19-2/h6-7,13H,3-5,8-11H2,1-2H3,(H,16,18). The lowest BCUT2D eigenvalue weighted by Gasteiger charge is -2.22. The Bertz CT molecular complexity index is 431. The van der Waals surface area contributed by atoms with Gasteiger partial charge in [0, 0.05) is 20.3 Å². The first kappa shape index (κ1) is 15.1. The van der Waals surface area contributed by atoms with E-state index in [4.69, 9.17) is 9.15 Å². The Morgan fingerprint density at radius 1 is 1.55 bits per heavy atom. The molecular formula is C15H24N2O3. The molecule has 1 atom stereocenters. The van der Waals surface area contributed by atoms with Crippen molar-refractivity contribution in [1.29, 1.82) is 0 Å². The van der Waals surface area contributed by atoms with E-state index in [1.54, 1.807) is 7.11 Å².